The van der Waals surface area contributed by atoms with Gasteiger partial charge in [0.2, 0.25) is 5.91 Å². The molecule has 32 heavy (non-hydrogen) atoms. The summed E-state index contributed by atoms with van der Waals surface area (Å²) in [5.74, 6) is 1.95. The molecule has 2 aromatic heterocycles. The Morgan fingerprint density at radius 1 is 1.25 bits per heavy atom. The topological polar surface area (TPSA) is 67.4 Å². The summed E-state index contributed by atoms with van der Waals surface area (Å²) in [4.78, 5) is 17.1. The first kappa shape index (κ1) is 22.6. The van der Waals surface area contributed by atoms with E-state index in [1.54, 1.807) is 12.3 Å². The van der Waals surface area contributed by atoms with Crippen molar-refractivity contribution >= 4 is 29.3 Å². The van der Waals surface area contributed by atoms with Crippen LogP contribution in [0.1, 0.15) is 11.3 Å². The fraction of sp³-hybridized carbons (Fsp3) is 0.348. The van der Waals surface area contributed by atoms with Gasteiger partial charge in [-0.1, -0.05) is 41.6 Å². The van der Waals surface area contributed by atoms with E-state index in [2.05, 4.69) is 27.7 Å². The lowest BCUT2D eigenvalue weighted by Crippen LogP contribution is -2.48. The lowest BCUT2D eigenvalue weighted by atomic mass is 10.2. The second-order valence-corrected chi connectivity index (χ2v) is 9.05. The first-order valence-electron chi connectivity index (χ1n) is 10.5. The van der Waals surface area contributed by atoms with Gasteiger partial charge in [-0.05, 0) is 30.7 Å². The Morgan fingerprint density at radius 2 is 2.06 bits per heavy atom. The van der Waals surface area contributed by atoms with Crippen LogP contribution in [0.25, 0.3) is 11.4 Å². The zero-order valence-electron chi connectivity index (χ0n) is 18.0. The molecule has 0 unspecified atom stereocenters. The number of nitrogens with zero attached hydrogens (tertiary/aromatic N) is 5. The molecule has 0 spiro atoms. The van der Waals surface area contributed by atoms with Crippen LogP contribution < -0.4 is 0 Å². The van der Waals surface area contributed by atoms with E-state index in [9.17, 15) is 4.79 Å². The van der Waals surface area contributed by atoms with E-state index in [1.165, 1.54) is 17.3 Å². The number of carbonyl (C=O) groups excluding carboxylic acids is 1. The van der Waals surface area contributed by atoms with Gasteiger partial charge in [0.1, 0.15) is 5.76 Å². The predicted octanol–water partition coefficient (Wildman–Crippen LogP) is 4.12. The maximum Gasteiger partial charge on any atom is 0.233 e. The van der Waals surface area contributed by atoms with Crippen molar-refractivity contribution < 1.29 is 9.21 Å². The first-order chi connectivity index (χ1) is 15.5. The Balaban J connectivity index is 1.32. The summed E-state index contributed by atoms with van der Waals surface area (Å²) in [6.07, 6.45) is 3.44. The molecule has 0 bridgehead atoms. The minimum atomic E-state index is 0.117. The number of halogens is 1. The Hall–Kier alpha value is -2.55. The molecule has 1 aromatic carbocycles. The number of hydrogen-bond acceptors (Lipinski definition) is 6. The van der Waals surface area contributed by atoms with Crippen molar-refractivity contribution in [2.24, 2.45) is 0 Å². The van der Waals surface area contributed by atoms with Crippen LogP contribution >= 0.6 is 23.4 Å². The van der Waals surface area contributed by atoms with Crippen LogP contribution in [-0.4, -0.2) is 62.4 Å². The third-order valence-corrected chi connectivity index (χ3v) is 6.66. The largest absolute Gasteiger partial charge is 0.469 e. The number of piperazine rings is 1. The lowest BCUT2D eigenvalue weighted by Gasteiger charge is -2.34. The van der Waals surface area contributed by atoms with Gasteiger partial charge in [-0.2, -0.15) is 0 Å². The second-order valence-electron chi connectivity index (χ2n) is 7.67. The molecule has 0 atom stereocenters. The van der Waals surface area contributed by atoms with Gasteiger partial charge in [0.25, 0.3) is 0 Å². The molecule has 9 heteroatoms. The highest BCUT2D eigenvalue weighted by Gasteiger charge is 2.23. The van der Waals surface area contributed by atoms with Crippen molar-refractivity contribution in [3.05, 3.63) is 65.6 Å². The number of amides is 1. The van der Waals surface area contributed by atoms with Crippen molar-refractivity contribution in [3.8, 4) is 11.4 Å². The minimum Gasteiger partial charge on any atom is -0.469 e. The summed E-state index contributed by atoms with van der Waals surface area (Å²) in [5.41, 5.74) is 2.09. The number of allylic oxidation sites excluding steroid dienone is 1. The molecule has 0 radical (unpaired) electrons. The molecule has 4 rings (SSSR count). The number of aryl methyl sites for hydroxylation is 1. The maximum absolute atomic E-state index is 12.8. The summed E-state index contributed by atoms with van der Waals surface area (Å²) in [7, 11) is 0. The number of hydrogen-bond donors (Lipinski definition) is 0. The van der Waals surface area contributed by atoms with Gasteiger partial charge in [0.05, 0.1) is 17.6 Å². The number of benzene rings is 1. The number of thioether (sulfide) groups is 1. The first-order valence-corrected chi connectivity index (χ1v) is 11.9. The Labute approximate surface area is 197 Å². The number of aromatic nitrogens is 3. The van der Waals surface area contributed by atoms with Crippen LogP contribution in [0, 0.1) is 6.92 Å². The van der Waals surface area contributed by atoms with Crippen molar-refractivity contribution in [1.82, 2.24) is 24.6 Å². The van der Waals surface area contributed by atoms with Crippen LogP contribution in [0.2, 0.25) is 5.02 Å². The van der Waals surface area contributed by atoms with Gasteiger partial charge in [0, 0.05) is 44.3 Å². The fourth-order valence-electron chi connectivity index (χ4n) is 3.77. The molecule has 3 aromatic rings. The molecule has 1 amide bonds. The number of carbonyl (C=O) groups is 1. The van der Waals surface area contributed by atoms with E-state index in [1.807, 2.05) is 40.7 Å². The van der Waals surface area contributed by atoms with Crippen LogP contribution in [0.4, 0.5) is 0 Å². The smallest absolute Gasteiger partial charge is 0.233 e. The zero-order valence-corrected chi connectivity index (χ0v) is 19.6. The monoisotopic (exact) mass is 471 g/mol. The van der Waals surface area contributed by atoms with E-state index in [-0.39, 0.29) is 5.91 Å². The second kappa shape index (κ2) is 10.4. The molecule has 3 heterocycles. The highest BCUT2D eigenvalue weighted by molar-refractivity contribution is 7.99. The van der Waals surface area contributed by atoms with E-state index in [4.69, 9.17) is 16.0 Å². The van der Waals surface area contributed by atoms with Gasteiger partial charge in [0.15, 0.2) is 11.0 Å². The van der Waals surface area contributed by atoms with Gasteiger partial charge in [-0.3, -0.25) is 14.3 Å². The lowest BCUT2D eigenvalue weighted by molar-refractivity contribution is -0.130. The Morgan fingerprint density at radius 3 is 2.75 bits per heavy atom. The van der Waals surface area contributed by atoms with Gasteiger partial charge in [-0.25, -0.2) is 0 Å². The summed E-state index contributed by atoms with van der Waals surface area (Å²) in [5, 5.41) is 10.1. The van der Waals surface area contributed by atoms with Gasteiger partial charge < -0.3 is 9.32 Å². The van der Waals surface area contributed by atoms with Crippen molar-refractivity contribution in [2.75, 3.05) is 31.9 Å². The molecule has 0 saturated carbocycles. The van der Waals surface area contributed by atoms with Crippen LogP contribution in [0.3, 0.4) is 0 Å². The predicted molar refractivity (Wildman–Crippen MR) is 127 cm³/mol. The zero-order chi connectivity index (χ0) is 22.5. The number of rotatable bonds is 8. The molecule has 7 nitrogen and oxygen atoms in total. The van der Waals surface area contributed by atoms with Gasteiger partial charge >= 0.3 is 0 Å². The molecule has 168 valence electrons. The van der Waals surface area contributed by atoms with Crippen LogP contribution in [-0.2, 0) is 17.9 Å². The number of furan rings is 1. The van der Waals surface area contributed by atoms with E-state index >= 15 is 0 Å². The Bertz CT molecular complexity index is 1090. The molecule has 1 aliphatic heterocycles. The molecule has 0 N–H and O–H groups in total. The van der Waals surface area contributed by atoms with Crippen molar-refractivity contribution in [3.63, 3.8) is 0 Å². The molecule has 1 fully saturated rings. The maximum atomic E-state index is 12.8. The average Bonchev–Trinajstić information content (AvgIpc) is 3.38. The standard InChI is InChI=1S/C23H26ClN5O2S/c1-3-8-29-22(20-7-13-31-17(20)2)25-26-23(29)32-16-21(30)28-11-9-27(10-12-28)15-18-5-4-6-19(24)14-18/h3-7,13-14H,1,8-12,15-16H2,2H3. The third kappa shape index (κ3) is 5.26. The molecule has 1 aliphatic rings. The summed E-state index contributed by atoms with van der Waals surface area (Å²) in [6, 6.07) is 9.81. The van der Waals surface area contributed by atoms with Crippen molar-refractivity contribution in [1.29, 1.82) is 0 Å². The van der Waals surface area contributed by atoms with E-state index in [0.29, 0.717) is 17.5 Å². The highest BCUT2D eigenvalue weighted by atomic mass is 35.5. The Kier molecular flexibility index (Phi) is 7.34. The molecule has 0 aliphatic carbocycles. The quantitative estimate of drug-likeness (QED) is 0.363. The fourth-order valence-corrected chi connectivity index (χ4v) is 4.84. The van der Waals surface area contributed by atoms with Crippen molar-refractivity contribution in [2.45, 2.75) is 25.2 Å². The minimum absolute atomic E-state index is 0.117. The van der Waals surface area contributed by atoms with Crippen LogP contribution in [0.5, 0.6) is 0 Å². The highest BCUT2D eigenvalue weighted by Crippen LogP contribution is 2.27. The average molecular weight is 472 g/mol. The van der Waals surface area contributed by atoms with Gasteiger partial charge in [-0.15, -0.1) is 16.8 Å². The van der Waals surface area contributed by atoms with E-state index < -0.39 is 0 Å². The van der Waals surface area contributed by atoms with Crippen LogP contribution in [0.15, 0.2) is 58.8 Å². The summed E-state index contributed by atoms with van der Waals surface area (Å²) < 4.78 is 7.37. The molecular formula is C23H26ClN5O2S. The third-order valence-electron chi connectivity index (χ3n) is 5.47. The SMILES string of the molecule is C=CCn1c(SCC(=O)N2CCN(Cc3cccc(Cl)c3)CC2)nnc1-c1ccoc1C. The van der Waals surface area contributed by atoms with E-state index in [0.717, 1.165) is 54.9 Å². The molecule has 1 saturated heterocycles. The molecular weight excluding hydrogens is 446 g/mol. The summed E-state index contributed by atoms with van der Waals surface area (Å²) in [6.45, 7) is 10.3. The summed E-state index contributed by atoms with van der Waals surface area (Å²) >= 11 is 7.50. The normalized spacial score (nSPS) is 14.6.